The second-order valence-corrected chi connectivity index (χ2v) is 5.98. The molecule has 0 aromatic rings. The zero-order chi connectivity index (χ0) is 12.4. The SMILES string of the molecule is [B]C1=CCC(OC2CCC(C)C(Cl)C2)C=C1Cl. The van der Waals surface area contributed by atoms with Gasteiger partial charge >= 0.3 is 0 Å². The largest absolute Gasteiger partial charge is 0.370 e. The quantitative estimate of drug-likeness (QED) is 0.549. The molecule has 92 valence electrons. The zero-order valence-corrected chi connectivity index (χ0v) is 11.5. The molecule has 2 aliphatic carbocycles. The predicted octanol–water partition coefficient (Wildman–Crippen LogP) is 3.75. The molecular formula is C13H17BCl2O. The van der Waals surface area contributed by atoms with Crippen LogP contribution in [0.1, 0.15) is 32.6 Å². The third-order valence-electron chi connectivity index (χ3n) is 3.59. The minimum Gasteiger partial charge on any atom is -0.370 e. The minimum atomic E-state index is 0.0528. The molecule has 2 radical (unpaired) electrons. The van der Waals surface area contributed by atoms with Crippen molar-refractivity contribution in [3.05, 3.63) is 22.7 Å². The van der Waals surface area contributed by atoms with Gasteiger partial charge < -0.3 is 4.74 Å². The Kier molecular flexibility index (Phi) is 4.62. The van der Waals surface area contributed by atoms with Gasteiger partial charge in [-0.25, -0.2) is 0 Å². The molecule has 1 nitrogen and oxygen atoms in total. The van der Waals surface area contributed by atoms with Gasteiger partial charge in [0.1, 0.15) is 7.85 Å². The van der Waals surface area contributed by atoms with E-state index in [0.717, 1.165) is 25.7 Å². The molecule has 0 aliphatic heterocycles. The van der Waals surface area contributed by atoms with E-state index < -0.39 is 0 Å². The minimum absolute atomic E-state index is 0.0528. The Balaban J connectivity index is 1.87. The number of rotatable bonds is 2. The summed E-state index contributed by atoms with van der Waals surface area (Å²) in [6, 6.07) is 0. The van der Waals surface area contributed by atoms with Crippen LogP contribution in [-0.2, 0) is 4.74 Å². The van der Waals surface area contributed by atoms with E-state index >= 15 is 0 Å². The summed E-state index contributed by atoms with van der Waals surface area (Å²) < 4.78 is 6.02. The first-order chi connectivity index (χ1) is 8.06. The van der Waals surface area contributed by atoms with Gasteiger partial charge in [0.15, 0.2) is 0 Å². The maximum absolute atomic E-state index is 6.28. The summed E-state index contributed by atoms with van der Waals surface area (Å²) in [6.45, 7) is 2.20. The lowest BCUT2D eigenvalue weighted by atomic mass is 9.87. The summed E-state index contributed by atoms with van der Waals surface area (Å²) in [5.41, 5.74) is 0.652. The van der Waals surface area contributed by atoms with Crippen LogP contribution in [-0.4, -0.2) is 25.4 Å². The number of alkyl halides is 1. The molecule has 17 heavy (non-hydrogen) atoms. The highest BCUT2D eigenvalue weighted by atomic mass is 35.5. The Morgan fingerprint density at radius 2 is 2.18 bits per heavy atom. The Hall–Kier alpha value is 0.0849. The van der Waals surface area contributed by atoms with Crippen LogP contribution in [0.5, 0.6) is 0 Å². The van der Waals surface area contributed by atoms with Gasteiger partial charge in [0.05, 0.1) is 12.2 Å². The van der Waals surface area contributed by atoms with Crippen molar-refractivity contribution in [3.63, 3.8) is 0 Å². The van der Waals surface area contributed by atoms with E-state index in [1.807, 2.05) is 12.2 Å². The van der Waals surface area contributed by atoms with Gasteiger partial charge in [-0.3, -0.25) is 0 Å². The van der Waals surface area contributed by atoms with Crippen molar-refractivity contribution in [2.45, 2.75) is 50.2 Å². The van der Waals surface area contributed by atoms with Crippen LogP contribution in [0.2, 0.25) is 0 Å². The van der Waals surface area contributed by atoms with Gasteiger partial charge in [0.2, 0.25) is 0 Å². The van der Waals surface area contributed by atoms with Crippen molar-refractivity contribution in [1.82, 2.24) is 0 Å². The third-order valence-corrected chi connectivity index (χ3v) is 4.55. The Morgan fingerprint density at radius 1 is 1.41 bits per heavy atom. The smallest absolute Gasteiger partial charge is 0.115 e. The van der Waals surface area contributed by atoms with Gasteiger partial charge in [-0.1, -0.05) is 30.1 Å². The number of halogens is 2. The lowest BCUT2D eigenvalue weighted by Crippen LogP contribution is -2.31. The van der Waals surface area contributed by atoms with E-state index in [2.05, 4.69) is 6.92 Å². The van der Waals surface area contributed by atoms with Crippen molar-refractivity contribution < 1.29 is 4.74 Å². The van der Waals surface area contributed by atoms with Crippen molar-refractivity contribution in [2.75, 3.05) is 0 Å². The zero-order valence-electron chi connectivity index (χ0n) is 10.0. The van der Waals surface area contributed by atoms with Crippen LogP contribution < -0.4 is 0 Å². The first kappa shape index (κ1) is 13.5. The van der Waals surface area contributed by atoms with Gasteiger partial charge in [0.25, 0.3) is 0 Å². The first-order valence-electron chi connectivity index (χ1n) is 6.19. The van der Waals surface area contributed by atoms with Crippen LogP contribution >= 0.6 is 23.2 Å². The number of hydrogen-bond donors (Lipinski definition) is 0. The fourth-order valence-electron chi connectivity index (χ4n) is 2.36. The van der Waals surface area contributed by atoms with E-state index in [-0.39, 0.29) is 17.6 Å². The number of ether oxygens (including phenoxy) is 1. The van der Waals surface area contributed by atoms with Crippen molar-refractivity contribution in [3.8, 4) is 0 Å². The molecule has 0 aromatic carbocycles. The van der Waals surface area contributed by atoms with Gasteiger partial charge in [-0.15, -0.1) is 11.6 Å². The van der Waals surface area contributed by atoms with Crippen molar-refractivity contribution >= 4 is 31.0 Å². The molecular weight excluding hydrogens is 254 g/mol. The molecule has 0 saturated heterocycles. The fourth-order valence-corrected chi connectivity index (χ4v) is 2.91. The highest BCUT2D eigenvalue weighted by molar-refractivity contribution is 6.41. The van der Waals surface area contributed by atoms with Gasteiger partial charge in [0, 0.05) is 10.4 Å². The normalized spacial score (nSPS) is 38.5. The monoisotopic (exact) mass is 270 g/mol. The average Bonchev–Trinajstić information content (AvgIpc) is 2.29. The topological polar surface area (TPSA) is 9.23 Å². The molecule has 2 rings (SSSR count). The molecule has 4 heteroatoms. The lowest BCUT2D eigenvalue weighted by molar-refractivity contribution is -0.0117. The third kappa shape index (κ3) is 3.53. The molecule has 1 saturated carbocycles. The maximum atomic E-state index is 6.28. The highest BCUT2D eigenvalue weighted by Gasteiger charge is 2.28. The van der Waals surface area contributed by atoms with E-state index in [9.17, 15) is 0 Å². The van der Waals surface area contributed by atoms with Crippen LogP contribution in [0.15, 0.2) is 22.7 Å². The lowest BCUT2D eigenvalue weighted by Gasteiger charge is -2.33. The molecule has 0 N–H and O–H groups in total. The molecule has 4 unspecified atom stereocenters. The molecule has 0 spiro atoms. The van der Waals surface area contributed by atoms with E-state index in [0.29, 0.717) is 16.4 Å². The molecule has 0 aromatic heterocycles. The van der Waals surface area contributed by atoms with E-state index in [1.54, 1.807) is 0 Å². The highest BCUT2D eigenvalue weighted by Crippen LogP contribution is 2.32. The summed E-state index contributed by atoms with van der Waals surface area (Å²) >= 11 is 12.3. The maximum Gasteiger partial charge on any atom is 0.115 e. The number of allylic oxidation sites excluding steroid dienone is 2. The summed E-state index contributed by atoms with van der Waals surface area (Å²) in [5, 5.41) is 0.838. The molecule has 4 atom stereocenters. The Labute approximate surface area is 115 Å². The molecule has 1 fully saturated rings. The van der Waals surface area contributed by atoms with Gasteiger partial charge in [-0.2, -0.15) is 0 Å². The summed E-state index contributed by atoms with van der Waals surface area (Å²) in [6.07, 6.45) is 8.11. The van der Waals surface area contributed by atoms with Crippen LogP contribution in [0.4, 0.5) is 0 Å². The average molecular weight is 271 g/mol. The predicted molar refractivity (Wildman–Crippen MR) is 73.7 cm³/mol. The second-order valence-electron chi connectivity index (χ2n) is 5.01. The number of hydrogen-bond acceptors (Lipinski definition) is 1. The molecule has 2 aliphatic rings. The second kappa shape index (κ2) is 5.82. The summed E-state index contributed by atoms with van der Waals surface area (Å²) in [4.78, 5) is 0. The van der Waals surface area contributed by atoms with Crippen molar-refractivity contribution in [2.24, 2.45) is 5.92 Å². The van der Waals surface area contributed by atoms with Crippen LogP contribution in [0, 0.1) is 5.92 Å². The summed E-state index contributed by atoms with van der Waals surface area (Å²) in [5.74, 6) is 0.595. The Morgan fingerprint density at radius 3 is 2.82 bits per heavy atom. The Bertz CT molecular complexity index is 340. The standard InChI is InChI=1S/C13H17BCl2O/c1-8-2-3-9(6-12(8)15)17-10-4-5-11(14)13(16)7-10/h5,7-10,12H,2-4,6H2,1H3. The summed E-state index contributed by atoms with van der Waals surface area (Å²) in [7, 11) is 5.70. The first-order valence-corrected chi connectivity index (χ1v) is 7.00. The van der Waals surface area contributed by atoms with Crippen LogP contribution in [0.25, 0.3) is 0 Å². The molecule has 0 bridgehead atoms. The van der Waals surface area contributed by atoms with Crippen LogP contribution in [0.3, 0.4) is 0 Å². The molecule has 0 heterocycles. The molecule has 0 amide bonds. The van der Waals surface area contributed by atoms with Gasteiger partial charge in [-0.05, 0) is 37.7 Å². The van der Waals surface area contributed by atoms with Crippen molar-refractivity contribution in [1.29, 1.82) is 0 Å². The fraction of sp³-hybridized carbons (Fsp3) is 0.692. The van der Waals surface area contributed by atoms with E-state index in [1.165, 1.54) is 0 Å². The van der Waals surface area contributed by atoms with E-state index in [4.69, 9.17) is 35.8 Å².